The molecule has 1 aromatic heterocycles. The zero-order valence-electron chi connectivity index (χ0n) is 34.1. The Morgan fingerprint density at radius 3 is 2.08 bits per heavy atom. The smallest absolute Gasteiger partial charge is 0.225 e. The van der Waals surface area contributed by atoms with Crippen molar-refractivity contribution < 1.29 is 0 Å². The predicted molar refractivity (Wildman–Crippen MR) is 271 cm³/mol. The number of anilines is 5. The molecule has 9 aromatic carbocycles. The molecule has 0 amide bonds. The highest BCUT2D eigenvalue weighted by Crippen LogP contribution is 2.54. The van der Waals surface area contributed by atoms with Crippen molar-refractivity contribution in [2.75, 3.05) is 9.80 Å². The summed E-state index contributed by atoms with van der Waals surface area (Å²) in [4.78, 5) is 6.21. The lowest BCUT2D eigenvalue weighted by Gasteiger charge is -2.35. The summed E-state index contributed by atoms with van der Waals surface area (Å²) in [6.45, 7) is 0. The number of para-hydroxylation sites is 3. The van der Waals surface area contributed by atoms with Gasteiger partial charge < -0.3 is 9.80 Å². The Hall–Kier alpha value is -7.44. The highest BCUT2D eigenvalue weighted by molar-refractivity contribution is 8.01. The topological polar surface area (TPSA) is 9.49 Å². The van der Waals surface area contributed by atoms with Crippen LogP contribution in [0, 0.1) is 0 Å². The normalized spacial score (nSPS) is 15.0. The minimum absolute atomic E-state index is 0.0469. The lowest BCUT2D eigenvalue weighted by Crippen LogP contribution is -2.37. The summed E-state index contributed by atoms with van der Waals surface area (Å²) in [6.07, 6.45) is 6.87. The van der Waals surface area contributed by atoms with E-state index in [9.17, 15) is 0 Å². The minimum Gasteiger partial charge on any atom is -0.312 e. The van der Waals surface area contributed by atoms with Crippen LogP contribution in [0.3, 0.4) is 0 Å². The second kappa shape index (κ2) is 14.6. The monoisotopic (exact) mass is 840 g/mol. The van der Waals surface area contributed by atoms with E-state index in [0.29, 0.717) is 0 Å². The Morgan fingerprint density at radius 1 is 0.524 bits per heavy atom. The molecule has 13 rings (SSSR count). The lowest BCUT2D eigenvalue weighted by molar-refractivity contribution is 0.999. The van der Waals surface area contributed by atoms with Gasteiger partial charge in [0.1, 0.15) is 5.25 Å². The average molecular weight is 841 g/mol. The number of hydrogen-bond donors (Lipinski definition) is 0. The molecule has 1 unspecified atom stereocenters. The number of rotatable bonds is 6. The number of benzene rings is 9. The molecule has 0 fully saturated rings. The summed E-state index contributed by atoms with van der Waals surface area (Å²) in [5.41, 5.74) is 15.3. The molecule has 1 aliphatic carbocycles. The summed E-state index contributed by atoms with van der Waals surface area (Å²) >= 11 is 3.84. The van der Waals surface area contributed by atoms with Gasteiger partial charge in [-0.05, 0) is 107 Å². The zero-order valence-corrected chi connectivity index (χ0v) is 35.7. The molecule has 5 heteroatoms. The van der Waals surface area contributed by atoms with Crippen LogP contribution >= 0.6 is 23.1 Å². The second-order valence-electron chi connectivity index (χ2n) is 16.3. The van der Waals surface area contributed by atoms with Gasteiger partial charge in [0.25, 0.3) is 0 Å². The van der Waals surface area contributed by atoms with Crippen LogP contribution in [0.5, 0.6) is 0 Å². The van der Waals surface area contributed by atoms with Gasteiger partial charge >= 0.3 is 0 Å². The number of thioether (sulfide) groups is 1. The van der Waals surface area contributed by atoms with Gasteiger partial charge in [0, 0.05) is 83.8 Å². The van der Waals surface area contributed by atoms with Gasteiger partial charge in [-0.3, -0.25) is 0 Å². The van der Waals surface area contributed by atoms with Gasteiger partial charge in [-0.2, -0.15) is 4.58 Å². The number of thiophene rings is 1. The zero-order chi connectivity index (χ0) is 41.4. The maximum absolute atomic E-state index is 2.51. The highest BCUT2D eigenvalue weighted by atomic mass is 32.2. The van der Waals surface area contributed by atoms with Crippen molar-refractivity contribution >= 4 is 99.6 Å². The van der Waals surface area contributed by atoms with E-state index in [-0.39, 0.29) is 5.25 Å². The van der Waals surface area contributed by atoms with Crippen LogP contribution in [0.25, 0.3) is 53.2 Å². The van der Waals surface area contributed by atoms with E-state index < -0.39 is 0 Å². The predicted octanol–water partition coefficient (Wildman–Crippen LogP) is 16.4. The first-order valence-corrected chi connectivity index (χ1v) is 23.1. The molecule has 0 saturated carbocycles. The molecule has 3 heterocycles. The van der Waals surface area contributed by atoms with E-state index in [2.05, 4.69) is 239 Å². The Bertz CT molecular complexity index is 3530. The first-order valence-electron chi connectivity index (χ1n) is 21.4. The fraction of sp³-hybridized carbons (Fsp3) is 0.0172. The molecule has 0 N–H and O–H groups in total. The van der Waals surface area contributed by atoms with Crippen molar-refractivity contribution in [3.05, 3.63) is 230 Å². The Balaban J connectivity index is 1.03. The molecule has 1 atom stereocenters. The molecular formula is C58H38N3S2+. The van der Waals surface area contributed by atoms with Gasteiger partial charge in [0.05, 0.1) is 10.6 Å². The van der Waals surface area contributed by atoms with Crippen molar-refractivity contribution in [1.29, 1.82) is 0 Å². The molecular weight excluding hydrogens is 803 g/mol. The van der Waals surface area contributed by atoms with Crippen molar-refractivity contribution in [2.45, 2.75) is 10.1 Å². The summed E-state index contributed by atoms with van der Waals surface area (Å²) in [6, 6.07) is 75.8. The molecule has 0 saturated heterocycles. The SMILES string of the molecule is C1=CC2=[N+](c3ccccc3)c3ccc4cccc5c4c3SC2C(=C1)N(c1ccccc1)c1ccc(N(c2ccccc2)c2ccc(-c3ccc4sc6ccccc6c4c3)cc2)cc1-5. The molecule has 0 spiro atoms. The van der Waals surface area contributed by atoms with E-state index in [4.69, 9.17) is 0 Å². The summed E-state index contributed by atoms with van der Waals surface area (Å²) < 4.78 is 5.14. The Morgan fingerprint density at radius 2 is 1.24 bits per heavy atom. The molecule has 63 heavy (non-hydrogen) atoms. The van der Waals surface area contributed by atoms with Gasteiger partial charge in [0.15, 0.2) is 0 Å². The first-order chi connectivity index (χ1) is 31.2. The maximum atomic E-state index is 2.51. The van der Waals surface area contributed by atoms with E-state index >= 15 is 0 Å². The van der Waals surface area contributed by atoms with Crippen LogP contribution in [0.15, 0.2) is 235 Å². The molecule has 2 aliphatic heterocycles. The molecule has 6 bridgehead atoms. The van der Waals surface area contributed by atoms with Crippen molar-refractivity contribution in [3.8, 4) is 22.3 Å². The summed E-state index contributed by atoms with van der Waals surface area (Å²) in [7, 11) is 0. The van der Waals surface area contributed by atoms with Crippen LogP contribution in [0.1, 0.15) is 0 Å². The Labute approximate surface area is 374 Å². The van der Waals surface area contributed by atoms with Crippen LogP contribution in [-0.4, -0.2) is 11.0 Å². The second-order valence-corrected chi connectivity index (χ2v) is 18.5. The van der Waals surface area contributed by atoms with Gasteiger partial charge in [0.2, 0.25) is 17.1 Å². The van der Waals surface area contributed by atoms with Gasteiger partial charge in [-0.1, -0.05) is 127 Å². The number of fused-ring (bicyclic) bond motifs is 5. The number of hydrogen-bond acceptors (Lipinski definition) is 4. The third kappa shape index (κ3) is 5.85. The minimum atomic E-state index is 0.0469. The lowest BCUT2D eigenvalue weighted by atomic mass is 9.94. The largest absolute Gasteiger partial charge is 0.312 e. The quantitative estimate of drug-likeness (QED) is 0.154. The summed E-state index contributed by atoms with van der Waals surface area (Å²) in [5.74, 6) is 0. The first kappa shape index (κ1) is 36.2. The molecule has 296 valence electrons. The molecule has 3 aliphatic rings. The standard InChI is InChI=1S/C58H38N3S2/c1-4-15-41(16-5-1)59(44-30-26-38(27-31-44)40-29-35-55-49(36-40)46-21-10-11-25-54(46)62-55)45-32-34-50-48(37-45)47-22-12-14-39-28-33-53-58(56(39)47)63-57-51(60(50)42-17-6-2-7-18-42)23-13-24-52(57)61(53)43-19-8-3-9-20-43/h1-37,57H/q+1. The highest BCUT2D eigenvalue weighted by Gasteiger charge is 2.43. The van der Waals surface area contributed by atoms with Gasteiger partial charge in [-0.25, -0.2) is 0 Å². The van der Waals surface area contributed by atoms with Crippen molar-refractivity contribution in [1.82, 2.24) is 4.58 Å². The van der Waals surface area contributed by atoms with E-state index in [0.717, 1.165) is 34.1 Å². The van der Waals surface area contributed by atoms with Crippen molar-refractivity contribution in [2.24, 2.45) is 0 Å². The maximum Gasteiger partial charge on any atom is 0.225 e. The third-order valence-corrected chi connectivity index (χ3v) is 15.2. The molecule has 0 radical (unpaired) electrons. The fourth-order valence-corrected chi connectivity index (χ4v) is 12.4. The van der Waals surface area contributed by atoms with Gasteiger partial charge in [-0.15, -0.1) is 11.3 Å². The summed E-state index contributed by atoms with van der Waals surface area (Å²) in [5, 5.41) is 5.20. The van der Waals surface area contributed by atoms with Crippen LogP contribution in [-0.2, 0) is 0 Å². The van der Waals surface area contributed by atoms with Crippen molar-refractivity contribution in [3.63, 3.8) is 0 Å². The molecule has 10 aromatic rings. The molecule has 3 nitrogen and oxygen atoms in total. The average Bonchev–Trinajstić information content (AvgIpc) is 3.74. The third-order valence-electron chi connectivity index (χ3n) is 12.7. The van der Waals surface area contributed by atoms with E-state index in [1.807, 2.05) is 23.1 Å². The van der Waals surface area contributed by atoms with E-state index in [1.54, 1.807) is 0 Å². The number of nitrogens with zero attached hydrogens (tertiary/aromatic N) is 3. The Kier molecular flexibility index (Phi) is 8.39. The van der Waals surface area contributed by atoms with E-state index in [1.165, 1.54) is 75.2 Å². The van der Waals surface area contributed by atoms with Crippen LogP contribution in [0.2, 0.25) is 0 Å². The van der Waals surface area contributed by atoms with Crippen LogP contribution in [0.4, 0.5) is 39.8 Å². The van der Waals surface area contributed by atoms with Crippen LogP contribution < -0.4 is 14.4 Å². The number of allylic oxidation sites excluding steroid dienone is 3. The fourth-order valence-electron chi connectivity index (χ4n) is 9.86.